The number of carbonyl (C=O) groups is 2. The van der Waals surface area contributed by atoms with Crippen LogP contribution >= 0.6 is 0 Å². The molecule has 1 fully saturated rings. The zero-order valence-electron chi connectivity index (χ0n) is 19.5. The molecule has 1 aromatic carbocycles. The van der Waals surface area contributed by atoms with Crippen molar-refractivity contribution in [1.82, 2.24) is 14.8 Å². The molecule has 1 aliphatic rings. The maximum Gasteiger partial charge on any atom is 0.230 e. The number of rotatable bonds is 5. The van der Waals surface area contributed by atoms with E-state index < -0.39 is 5.41 Å². The summed E-state index contributed by atoms with van der Waals surface area (Å²) in [6.45, 7) is 7.47. The molecule has 1 saturated heterocycles. The fraction of sp³-hybridized carbons (Fsp3) is 0.500. The Balaban J connectivity index is 1.84. The maximum absolute atomic E-state index is 13.3. The molecule has 0 saturated carbocycles. The Hall–Kier alpha value is -2.69. The lowest BCUT2D eigenvalue weighted by atomic mass is 9.73. The molecule has 0 aliphatic carbocycles. The van der Waals surface area contributed by atoms with Crippen LogP contribution in [0.2, 0.25) is 0 Å². The molecule has 0 spiro atoms. The Morgan fingerprint density at radius 1 is 1.03 bits per heavy atom. The number of benzene rings is 1. The SMILES string of the molecule is CN(C)C(=O)[C@]1(Cc2ccc(-c3ccncc3)cc2)CCCN(C(=O)CC(C)(C)C)C1. The van der Waals surface area contributed by atoms with Crippen LogP contribution in [0.25, 0.3) is 11.1 Å². The van der Waals surface area contributed by atoms with Crippen LogP contribution in [0.4, 0.5) is 0 Å². The first-order valence-corrected chi connectivity index (χ1v) is 11.1. The Labute approximate surface area is 186 Å². The fourth-order valence-corrected chi connectivity index (χ4v) is 4.53. The number of carbonyl (C=O) groups excluding carboxylic acids is 2. The van der Waals surface area contributed by atoms with E-state index in [1.165, 1.54) is 0 Å². The molecule has 0 unspecified atom stereocenters. The molecule has 1 aliphatic heterocycles. The van der Waals surface area contributed by atoms with Crippen molar-refractivity contribution in [1.29, 1.82) is 0 Å². The van der Waals surface area contributed by atoms with Crippen LogP contribution in [0.1, 0.15) is 45.6 Å². The van der Waals surface area contributed by atoms with Gasteiger partial charge in [0, 0.05) is 46.0 Å². The lowest BCUT2D eigenvalue weighted by molar-refractivity contribution is -0.147. The van der Waals surface area contributed by atoms with Crippen molar-refractivity contribution in [2.24, 2.45) is 10.8 Å². The Bertz CT molecular complexity index is 900. The first-order chi connectivity index (χ1) is 14.6. The molecule has 0 N–H and O–H groups in total. The number of piperidine rings is 1. The van der Waals surface area contributed by atoms with Crippen LogP contribution in [-0.2, 0) is 16.0 Å². The van der Waals surface area contributed by atoms with Crippen molar-refractivity contribution in [3.05, 3.63) is 54.4 Å². The first kappa shape index (κ1) is 23.0. The van der Waals surface area contributed by atoms with Crippen molar-refractivity contribution in [2.45, 2.75) is 46.5 Å². The number of amides is 2. The van der Waals surface area contributed by atoms with Crippen LogP contribution in [0.3, 0.4) is 0 Å². The van der Waals surface area contributed by atoms with Gasteiger partial charge in [-0.1, -0.05) is 45.0 Å². The largest absolute Gasteiger partial charge is 0.348 e. The van der Waals surface area contributed by atoms with Gasteiger partial charge in [-0.05, 0) is 53.5 Å². The zero-order chi connectivity index (χ0) is 22.6. The van der Waals surface area contributed by atoms with Gasteiger partial charge >= 0.3 is 0 Å². The molecule has 166 valence electrons. The Morgan fingerprint density at radius 3 is 2.23 bits per heavy atom. The minimum absolute atomic E-state index is 0.0640. The monoisotopic (exact) mass is 421 g/mol. The first-order valence-electron chi connectivity index (χ1n) is 11.1. The predicted octanol–water partition coefficient (Wildman–Crippen LogP) is 4.42. The second kappa shape index (κ2) is 9.21. The average molecular weight is 422 g/mol. The molecular weight excluding hydrogens is 386 g/mol. The number of hydrogen-bond donors (Lipinski definition) is 0. The Morgan fingerprint density at radius 2 is 1.65 bits per heavy atom. The van der Waals surface area contributed by atoms with Gasteiger partial charge in [0.15, 0.2) is 0 Å². The quantitative estimate of drug-likeness (QED) is 0.718. The Kier molecular flexibility index (Phi) is 6.83. The van der Waals surface area contributed by atoms with Gasteiger partial charge in [-0.15, -0.1) is 0 Å². The van der Waals surface area contributed by atoms with E-state index in [-0.39, 0.29) is 17.2 Å². The summed E-state index contributed by atoms with van der Waals surface area (Å²) in [5.41, 5.74) is 2.74. The molecule has 2 aromatic rings. The van der Waals surface area contributed by atoms with Gasteiger partial charge in [-0.3, -0.25) is 14.6 Å². The predicted molar refractivity (Wildman–Crippen MR) is 124 cm³/mol. The molecule has 1 aromatic heterocycles. The summed E-state index contributed by atoms with van der Waals surface area (Å²) < 4.78 is 0. The fourth-order valence-electron chi connectivity index (χ4n) is 4.53. The summed E-state index contributed by atoms with van der Waals surface area (Å²) in [5.74, 6) is 0.259. The topological polar surface area (TPSA) is 53.5 Å². The zero-order valence-corrected chi connectivity index (χ0v) is 19.5. The highest BCUT2D eigenvalue weighted by atomic mass is 16.2. The summed E-state index contributed by atoms with van der Waals surface area (Å²) in [5, 5.41) is 0. The molecule has 5 heteroatoms. The van der Waals surface area contributed by atoms with Gasteiger partial charge in [0.05, 0.1) is 5.41 Å². The van der Waals surface area contributed by atoms with E-state index in [1.54, 1.807) is 17.3 Å². The summed E-state index contributed by atoms with van der Waals surface area (Å²) in [4.78, 5) is 34.0. The molecule has 1 atom stereocenters. The number of hydrogen-bond acceptors (Lipinski definition) is 3. The lowest BCUT2D eigenvalue weighted by Gasteiger charge is -2.43. The summed E-state index contributed by atoms with van der Waals surface area (Å²) in [7, 11) is 3.62. The van der Waals surface area contributed by atoms with Crippen LogP contribution in [0.15, 0.2) is 48.8 Å². The van der Waals surface area contributed by atoms with E-state index in [1.807, 2.05) is 31.1 Å². The van der Waals surface area contributed by atoms with Gasteiger partial charge in [0.1, 0.15) is 0 Å². The number of aromatic nitrogens is 1. The third-order valence-electron chi connectivity index (χ3n) is 5.98. The lowest BCUT2D eigenvalue weighted by Crippen LogP contribution is -2.54. The van der Waals surface area contributed by atoms with Crippen molar-refractivity contribution >= 4 is 11.8 Å². The van der Waals surface area contributed by atoms with Crippen LogP contribution in [0.5, 0.6) is 0 Å². The summed E-state index contributed by atoms with van der Waals surface area (Å²) in [6, 6.07) is 12.4. The summed E-state index contributed by atoms with van der Waals surface area (Å²) in [6.07, 6.45) is 6.37. The minimum atomic E-state index is -0.576. The minimum Gasteiger partial charge on any atom is -0.348 e. The normalized spacial score (nSPS) is 19.2. The average Bonchev–Trinajstić information content (AvgIpc) is 2.73. The maximum atomic E-state index is 13.3. The second-order valence-electron chi connectivity index (χ2n) is 10.2. The standard InChI is InChI=1S/C26H35N3O2/c1-25(2,3)18-23(30)29-16-6-13-26(19-29,24(31)28(4)5)17-20-7-9-21(10-8-20)22-11-14-27-15-12-22/h7-12,14-15H,6,13,16-19H2,1-5H3/t26-/m0/s1. The van der Waals surface area contributed by atoms with E-state index in [0.29, 0.717) is 19.4 Å². The van der Waals surface area contributed by atoms with Gasteiger partial charge in [0.2, 0.25) is 11.8 Å². The molecule has 2 amide bonds. The molecule has 31 heavy (non-hydrogen) atoms. The number of likely N-dealkylation sites (tertiary alicyclic amines) is 1. The number of nitrogens with zero attached hydrogens (tertiary/aromatic N) is 3. The van der Waals surface area contributed by atoms with Crippen LogP contribution < -0.4 is 0 Å². The van der Waals surface area contributed by atoms with Gasteiger partial charge in [0.25, 0.3) is 0 Å². The van der Waals surface area contributed by atoms with E-state index in [9.17, 15) is 9.59 Å². The van der Waals surface area contributed by atoms with Crippen molar-refractivity contribution in [2.75, 3.05) is 27.2 Å². The molecule has 3 rings (SSSR count). The van der Waals surface area contributed by atoms with Crippen LogP contribution in [-0.4, -0.2) is 53.8 Å². The third kappa shape index (κ3) is 5.72. The smallest absolute Gasteiger partial charge is 0.230 e. The van der Waals surface area contributed by atoms with E-state index in [2.05, 4.69) is 50.0 Å². The van der Waals surface area contributed by atoms with Gasteiger partial charge in [-0.25, -0.2) is 0 Å². The van der Waals surface area contributed by atoms with Crippen molar-refractivity contribution in [3.63, 3.8) is 0 Å². The van der Waals surface area contributed by atoms with E-state index >= 15 is 0 Å². The molecule has 2 heterocycles. The summed E-state index contributed by atoms with van der Waals surface area (Å²) >= 11 is 0. The third-order valence-corrected chi connectivity index (χ3v) is 5.98. The second-order valence-corrected chi connectivity index (χ2v) is 10.2. The van der Waals surface area contributed by atoms with E-state index in [4.69, 9.17) is 0 Å². The molecule has 0 bridgehead atoms. The molecular formula is C26H35N3O2. The van der Waals surface area contributed by atoms with Crippen molar-refractivity contribution in [3.8, 4) is 11.1 Å². The highest BCUT2D eigenvalue weighted by Crippen LogP contribution is 2.37. The number of pyridine rings is 1. The highest BCUT2D eigenvalue weighted by molar-refractivity contribution is 5.85. The molecule has 0 radical (unpaired) electrons. The highest BCUT2D eigenvalue weighted by Gasteiger charge is 2.44. The van der Waals surface area contributed by atoms with Gasteiger partial charge < -0.3 is 9.80 Å². The van der Waals surface area contributed by atoms with Crippen molar-refractivity contribution < 1.29 is 9.59 Å². The molecule has 5 nitrogen and oxygen atoms in total. The van der Waals surface area contributed by atoms with Crippen LogP contribution in [0, 0.1) is 10.8 Å². The van der Waals surface area contributed by atoms with E-state index in [0.717, 1.165) is 36.1 Å². The van der Waals surface area contributed by atoms with Gasteiger partial charge in [-0.2, -0.15) is 0 Å².